The summed E-state index contributed by atoms with van der Waals surface area (Å²) < 4.78 is 0. The molecule has 0 unspecified atom stereocenters. The van der Waals surface area contributed by atoms with Gasteiger partial charge >= 0.3 is 0 Å². The fourth-order valence-electron chi connectivity index (χ4n) is 0.886. The highest BCUT2D eigenvalue weighted by molar-refractivity contribution is 8.12. The molecule has 1 aliphatic rings. The van der Waals surface area contributed by atoms with Crippen LogP contribution in [0.2, 0.25) is 0 Å². The van der Waals surface area contributed by atoms with E-state index in [-0.39, 0.29) is 0 Å². The lowest BCUT2D eigenvalue weighted by Crippen LogP contribution is -1.73. The maximum absolute atomic E-state index is 2.26. The minimum Gasteiger partial charge on any atom is -0.101 e. The van der Waals surface area contributed by atoms with Gasteiger partial charge in [-0.05, 0) is 23.2 Å². The summed E-state index contributed by atoms with van der Waals surface area (Å²) in [5.74, 6) is 0. The predicted molar refractivity (Wildman–Crippen MR) is 44.4 cm³/mol. The van der Waals surface area contributed by atoms with Crippen LogP contribution in [0.4, 0.5) is 0 Å². The summed E-state index contributed by atoms with van der Waals surface area (Å²) in [6, 6.07) is 0. The van der Waals surface area contributed by atoms with Crippen molar-refractivity contribution < 1.29 is 0 Å². The average molecular weight is 142 g/mol. The molecule has 0 nitrogen and oxygen atoms in total. The molecule has 0 saturated carbocycles. The SMILES string of the molecule is CCCCCCC1=CS1. The van der Waals surface area contributed by atoms with Crippen LogP contribution in [0.3, 0.4) is 0 Å². The molecule has 0 aromatic heterocycles. The second-order valence-corrected chi connectivity index (χ2v) is 3.51. The van der Waals surface area contributed by atoms with E-state index in [9.17, 15) is 0 Å². The molecule has 0 aromatic rings. The molecule has 0 radical (unpaired) electrons. The molecule has 52 valence electrons. The van der Waals surface area contributed by atoms with Gasteiger partial charge in [0.1, 0.15) is 0 Å². The van der Waals surface area contributed by atoms with Crippen LogP contribution >= 0.6 is 11.8 Å². The lowest BCUT2D eigenvalue weighted by molar-refractivity contribution is 0.673. The van der Waals surface area contributed by atoms with Crippen LogP contribution in [-0.2, 0) is 0 Å². The third-order valence-corrected chi connectivity index (χ3v) is 2.33. The van der Waals surface area contributed by atoms with Gasteiger partial charge in [0.15, 0.2) is 0 Å². The Labute approximate surface area is 61.7 Å². The Morgan fingerprint density at radius 2 is 2.11 bits per heavy atom. The van der Waals surface area contributed by atoms with E-state index in [1.165, 1.54) is 32.1 Å². The van der Waals surface area contributed by atoms with E-state index in [4.69, 9.17) is 0 Å². The average Bonchev–Trinajstić information content (AvgIpc) is 2.63. The minimum atomic E-state index is 1.35. The van der Waals surface area contributed by atoms with E-state index in [1.54, 1.807) is 4.91 Å². The molecule has 0 atom stereocenters. The molecule has 0 saturated heterocycles. The van der Waals surface area contributed by atoms with Gasteiger partial charge in [-0.3, -0.25) is 0 Å². The Morgan fingerprint density at radius 1 is 1.33 bits per heavy atom. The summed E-state index contributed by atoms with van der Waals surface area (Å²) in [4.78, 5) is 1.62. The predicted octanol–water partition coefficient (Wildman–Crippen LogP) is 3.55. The quantitative estimate of drug-likeness (QED) is 0.529. The van der Waals surface area contributed by atoms with E-state index in [0.29, 0.717) is 0 Å². The van der Waals surface area contributed by atoms with Crippen LogP contribution < -0.4 is 0 Å². The molecule has 1 heteroatoms. The summed E-state index contributed by atoms with van der Waals surface area (Å²) >= 11 is 1.92. The van der Waals surface area contributed by atoms with E-state index in [0.717, 1.165) is 0 Å². The standard InChI is InChI=1S/C8H14S/c1-2-3-4-5-6-8-7-9-8/h7H,2-6H2,1H3. The third kappa shape index (κ3) is 3.63. The summed E-state index contributed by atoms with van der Waals surface area (Å²) in [6.07, 6.45) is 6.95. The smallest absolute Gasteiger partial charge is 0.00417 e. The molecule has 9 heavy (non-hydrogen) atoms. The van der Waals surface area contributed by atoms with Gasteiger partial charge < -0.3 is 0 Å². The zero-order chi connectivity index (χ0) is 6.53. The highest BCUT2D eigenvalue weighted by Crippen LogP contribution is 2.37. The Kier molecular flexibility index (Phi) is 3.20. The van der Waals surface area contributed by atoms with Gasteiger partial charge in [0.05, 0.1) is 0 Å². The summed E-state index contributed by atoms with van der Waals surface area (Å²) in [7, 11) is 0. The van der Waals surface area contributed by atoms with Crippen molar-refractivity contribution >= 4 is 11.8 Å². The van der Waals surface area contributed by atoms with Gasteiger partial charge in [-0.15, -0.1) is 11.8 Å². The van der Waals surface area contributed by atoms with Gasteiger partial charge in [-0.25, -0.2) is 0 Å². The maximum atomic E-state index is 2.26. The molecule has 1 rings (SSSR count). The van der Waals surface area contributed by atoms with Crippen LogP contribution in [0.5, 0.6) is 0 Å². The van der Waals surface area contributed by atoms with E-state index in [2.05, 4.69) is 12.3 Å². The minimum absolute atomic E-state index is 1.35. The topological polar surface area (TPSA) is 0 Å². The number of thioether (sulfide) groups is 1. The van der Waals surface area contributed by atoms with Crippen molar-refractivity contribution in [3.8, 4) is 0 Å². The van der Waals surface area contributed by atoms with E-state index >= 15 is 0 Å². The van der Waals surface area contributed by atoms with Crippen LogP contribution in [0.1, 0.15) is 39.0 Å². The molecule has 0 N–H and O–H groups in total. The van der Waals surface area contributed by atoms with Crippen molar-refractivity contribution in [1.82, 2.24) is 0 Å². The van der Waals surface area contributed by atoms with Crippen molar-refractivity contribution in [2.24, 2.45) is 0 Å². The normalized spacial score (nSPS) is 15.4. The number of rotatable bonds is 5. The highest BCUT2D eigenvalue weighted by Gasteiger charge is 2.06. The first-order valence-corrected chi connectivity index (χ1v) is 4.67. The van der Waals surface area contributed by atoms with Crippen LogP contribution in [0.15, 0.2) is 10.3 Å². The number of unbranched alkanes of at least 4 members (excludes halogenated alkanes) is 3. The maximum Gasteiger partial charge on any atom is -0.00417 e. The molecule has 1 aliphatic heterocycles. The fraction of sp³-hybridized carbons (Fsp3) is 0.750. The molecular weight excluding hydrogens is 128 g/mol. The van der Waals surface area contributed by atoms with Crippen LogP contribution in [-0.4, -0.2) is 0 Å². The molecule has 0 aromatic carbocycles. The first-order chi connectivity index (χ1) is 4.43. The van der Waals surface area contributed by atoms with E-state index < -0.39 is 0 Å². The van der Waals surface area contributed by atoms with Gasteiger partial charge in [0.2, 0.25) is 0 Å². The van der Waals surface area contributed by atoms with Crippen molar-refractivity contribution in [1.29, 1.82) is 0 Å². The summed E-state index contributed by atoms with van der Waals surface area (Å²) in [6.45, 7) is 2.26. The molecule has 0 fully saturated rings. The van der Waals surface area contributed by atoms with Crippen LogP contribution in [0, 0.1) is 0 Å². The number of allylic oxidation sites excluding steroid dienone is 1. The second-order valence-electron chi connectivity index (χ2n) is 2.51. The first-order valence-electron chi connectivity index (χ1n) is 3.79. The van der Waals surface area contributed by atoms with Crippen molar-refractivity contribution in [2.45, 2.75) is 39.0 Å². The van der Waals surface area contributed by atoms with E-state index in [1.807, 2.05) is 11.8 Å². The Balaban J connectivity index is 1.76. The van der Waals surface area contributed by atoms with Gasteiger partial charge in [-0.2, -0.15) is 0 Å². The third-order valence-electron chi connectivity index (χ3n) is 1.56. The van der Waals surface area contributed by atoms with Crippen LogP contribution in [0.25, 0.3) is 0 Å². The molecule has 0 amide bonds. The fourth-order valence-corrected chi connectivity index (χ4v) is 1.35. The lowest BCUT2D eigenvalue weighted by atomic mass is 10.2. The van der Waals surface area contributed by atoms with Gasteiger partial charge in [-0.1, -0.05) is 26.2 Å². The first kappa shape index (κ1) is 7.20. The van der Waals surface area contributed by atoms with Crippen molar-refractivity contribution in [2.75, 3.05) is 0 Å². The number of hydrogen-bond donors (Lipinski definition) is 0. The molecule has 0 aliphatic carbocycles. The molecule has 1 heterocycles. The summed E-state index contributed by atoms with van der Waals surface area (Å²) in [5.41, 5.74) is 0. The summed E-state index contributed by atoms with van der Waals surface area (Å²) in [5, 5.41) is 2.26. The zero-order valence-corrected chi connectivity index (χ0v) is 6.84. The lowest BCUT2D eigenvalue weighted by Gasteiger charge is -1.92. The highest BCUT2D eigenvalue weighted by atomic mass is 32.2. The Morgan fingerprint density at radius 3 is 2.67 bits per heavy atom. The Bertz CT molecular complexity index is 105. The van der Waals surface area contributed by atoms with Crippen molar-refractivity contribution in [3.05, 3.63) is 10.3 Å². The van der Waals surface area contributed by atoms with Crippen molar-refractivity contribution in [3.63, 3.8) is 0 Å². The second kappa shape index (κ2) is 3.99. The molecule has 0 spiro atoms. The largest absolute Gasteiger partial charge is 0.101 e. The van der Waals surface area contributed by atoms with Gasteiger partial charge in [0.25, 0.3) is 0 Å². The Hall–Kier alpha value is 0.0900. The zero-order valence-electron chi connectivity index (χ0n) is 6.02. The molecule has 0 bridgehead atoms. The molecular formula is C8H14S. The number of hydrogen-bond acceptors (Lipinski definition) is 1. The monoisotopic (exact) mass is 142 g/mol. The van der Waals surface area contributed by atoms with Gasteiger partial charge in [0, 0.05) is 0 Å².